The summed E-state index contributed by atoms with van der Waals surface area (Å²) in [6, 6.07) is 11.8. The van der Waals surface area contributed by atoms with Crippen molar-refractivity contribution in [1.29, 1.82) is 0 Å². The van der Waals surface area contributed by atoms with Gasteiger partial charge in [-0.3, -0.25) is 4.79 Å². The Morgan fingerprint density at radius 1 is 1.24 bits per heavy atom. The molecule has 0 fully saturated rings. The van der Waals surface area contributed by atoms with Crippen molar-refractivity contribution in [3.63, 3.8) is 0 Å². The van der Waals surface area contributed by atoms with E-state index in [-0.39, 0.29) is 5.91 Å². The maximum absolute atomic E-state index is 12.5. The molecule has 3 aromatic rings. The molecule has 0 spiro atoms. The van der Waals surface area contributed by atoms with E-state index in [0.717, 1.165) is 18.4 Å². The first-order valence-corrected chi connectivity index (χ1v) is 8.51. The summed E-state index contributed by atoms with van der Waals surface area (Å²) in [6.07, 6.45) is 3.79. The number of carbonyl (C=O) groups is 1. The Balaban J connectivity index is 1.82. The summed E-state index contributed by atoms with van der Waals surface area (Å²) in [5.74, 6) is 1.31. The first kappa shape index (κ1) is 17.0. The fourth-order valence-corrected chi connectivity index (χ4v) is 2.43. The van der Waals surface area contributed by atoms with Crippen LogP contribution in [0.3, 0.4) is 0 Å². The number of hydrogen-bond donors (Lipinski definition) is 1. The Bertz CT molecular complexity index is 820. The minimum atomic E-state index is -0.0708. The number of nitrogens with zero attached hydrogens (tertiary/aromatic N) is 3. The number of aryl methyl sites for hydroxylation is 1. The number of nitrogens with one attached hydrogen (secondary N) is 1. The van der Waals surface area contributed by atoms with E-state index in [2.05, 4.69) is 53.5 Å². The Morgan fingerprint density at radius 3 is 2.72 bits per heavy atom. The van der Waals surface area contributed by atoms with Gasteiger partial charge in [0.2, 0.25) is 17.7 Å². The minimum absolute atomic E-state index is 0.0708. The highest BCUT2D eigenvalue weighted by Crippen LogP contribution is 2.19. The molecular formula is C19H22N4O2. The van der Waals surface area contributed by atoms with Gasteiger partial charge in [-0.15, -0.1) is 5.10 Å². The van der Waals surface area contributed by atoms with Crippen LogP contribution in [0.15, 0.2) is 47.1 Å². The summed E-state index contributed by atoms with van der Waals surface area (Å²) in [5.41, 5.74) is 2.32. The molecule has 0 aliphatic carbocycles. The lowest BCUT2D eigenvalue weighted by atomic mass is 10.1. The average molecular weight is 338 g/mol. The van der Waals surface area contributed by atoms with Crippen LogP contribution in [0.2, 0.25) is 0 Å². The molecule has 1 aromatic carbocycles. The van der Waals surface area contributed by atoms with E-state index in [1.165, 1.54) is 10.2 Å². The van der Waals surface area contributed by atoms with Crippen LogP contribution in [0.1, 0.15) is 42.1 Å². The molecule has 2 aromatic heterocycles. The molecule has 0 amide bonds. The lowest BCUT2D eigenvalue weighted by Gasteiger charge is -2.07. The van der Waals surface area contributed by atoms with Gasteiger partial charge in [-0.25, -0.2) is 0 Å². The van der Waals surface area contributed by atoms with Gasteiger partial charge in [-0.05, 0) is 31.0 Å². The largest absolute Gasteiger partial charge is 0.461 e. The quantitative estimate of drug-likeness (QED) is 0.696. The van der Waals surface area contributed by atoms with Crippen molar-refractivity contribution in [2.75, 3.05) is 5.32 Å². The normalized spacial score (nSPS) is 10.8. The topological polar surface area (TPSA) is 73.0 Å². The lowest BCUT2D eigenvalue weighted by Crippen LogP contribution is -2.16. The number of unbranched alkanes of at least 4 members (excludes halogenated alkanes) is 1. The molecular weight excluding hydrogens is 316 g/mol. The Morgan fingerprint density at radius 2 is 2.04 bits per heavy atom. The fourth-order valence-electron chi connectivity index (χ4n) is 2.43. The molecule has 6 nitrogen and oxygen atoms in total. The molecule has 130 valence electrons. The SMILES string of the molecule is CCCCC(=O)n1nc(-c2ccco2)nc1NCc1ccc(C)cc1. The monoisotopic (exact) mass is 338 g/mol. The first-order valence-electron chi connectivity index (χ1n) is 8.51. The number of furan rings is 1. The highest BCUT2D eigenvalue weighted by molar-refractivity contribution is 5.81. The van der Waals surface area contributed by atoms with Crippen molar-refractivity contribution in [2.24, 2.45) is 0 Å². The molecule has 0 aliphatic heterocycles. The zero-order chi connectivity index (χ0) is 17.6. The molecule has 2 heterocycles. The van der Waals surface area contributed by atoms with Gasteiger partial charge in [0.15, 0.2) is 5.76 Å². The maximum Gasteiger partial charge on any atom is 0.250 e. The standard InChI is InChI=1S/C19H22N4O2/c1-3-4-7-17(24)23-19(20-13-15-10-8-14(2)9-11-15)21-18(22-23)16-6-5-12-25-16/h5-6,8-12H,3-4,7,13H2,1-2H3,(H,20,21,22). The van der Waals surface area contributed by atoms with Gasteiger partial charge in [0.05, 0.1) is 6.26 Å². The van der Waals surface area contributed by atoms with Crippen LogP contribution in [0.4, 0.5) is 5.95 Å². The number of hydrogen-bond acceptors (Lipinski definition) is 5. The molecule has 25 heavy (non-hydrogen) atoms. The summed E-state index contributed by atoms with van der Waals surface area (Å²) in [7, 11) is 0. The van der Waals surface area contributed by atoms with Crippen LogP contribution in [-0.2, 0) is 6.54 Å². The third kappa shape index (κ3) is 4.15. The van der Waals surface area contributed by atoms with Crippen LogP contribution >= 0.6 is 0 Å². The van der Waals surface area contributed by atoms with E-state index in [1.807, 2.05) is 0 Å². The molecule has 0 radical (unpaired) electrons. The van der Waals surface area contributed by atoms with Crippen molar-refractivity contribution in [3.8, 4) is 11.6 Å². The van der Waals surface area contributed by atoms with Gasteiger partial charge < -0.3 is 9.73 Å². The van der Waals surface area contributed by atoms with E-state index in [9.17, 15) is 4.79 Å². The van der Waals surface area contributed by atoms with Crippen molar-refractivity contribution < 1.29 is 9.21 Å². The maximum atomic E-state index is 12.5. The molecule has 0 saturated heterocycles. The summed E-state index contributed by atoms with van der Waals surface area (Å²) >= 11 is 0. The van der Waals surface area contributed by atoms with Crippen LogP contribution in [-0.4, -0.2) is 20.7 Å². The second kappa shape index (κ2) is 7.79. The molecule has 0 unspecified atom stereocenters. The predicted molar refractivity (Wildman–Crippen MR) is 96.4 cm³/mol. The molecule has 1 N–H and O–H groups in total. The van der Waals surface area contributed by atoms with Crippen molar-refractivity contribution in [2.45, 2.75) is 39.7 Å². The minimum Gasteiger partial charge on any atom is -0.461 e. The zero-order valence-electron chi connectivity index (χ0n) is 14.5. The molecule has 0 bridgehead atoms. The summed E-state index contributed by atoms with van der Waals surface area (Å²) in [4.78, 5) is 16.9. The molecule has 0 saturated carbocycles. The van der Waals surface area contributed by atoms with E-state index in [0.29, 0.717) is 30.5 Å². The van der Waals surface area contributed by atoms with Crippen molar-refractivity contribution in [1.82, 2.24) is 14.8 Å². The molecule has 3 rings (SSSR count). The third-order valence-corrected chi connectivity index (χ3v) is 3.90. The van der Waals surface area contributed by atoms with Crippen LogP contribution in [0, 0.1) is 6.92 Å². The van der Waals surface area contributed by atoms with Gasteiger partial charge in [0.1, 0.15) is 0 Å². The summed E-state index contributed by atoms with van der Waals surface area (Å²) in [5, 5.41) is 7.55. The van der Waals surface area contributed by atoms with E-state index >= 15 is 0 Å². The molecule has 0 aliphatic rings. The predicted octanol–water partition coefficient (Wildman–Crippen LogP) is 4.29. The Hall–Kier alpha value is -2.89. The lowest BCUT2D eigenvalue weighted by molar-refractivity contribution is 0.0886. The third-order valence-electron chi connectivity index (χ3n) is 3.90. The number of rotatable bonds is 7. The molecule has 0 atom stereocenters. The van der Waals surface area contributed by atoms with Gasteiger partial charge in [-0.2, -0.15) is 9.67 Å². The van der Waals surface area contributed by atoms with Gasteiger partial charge in [0, 0.05) is 13.0 Å². The van der Waals surface area contributed by atoms with Gasteiger partial charge in [0.25, 0.3) is 0 Å². The zero-order valence-corrected chi connectivity index (χ0v) is 14.5. The van der Waals surface area contributed by atoms with E-state index in [1.54, 1.807) is 18.4 Å². The number of anilines is 1. The van der Waals surface area contributed by atoms with Crippen LogP contribution in [0.5, 0.6) is 0 Å². The van der Waals surface area contributed by atoms with Crippen LogP contribution < -0.4 is 5.32 Å². The second-order valence-corrected chi connectivity index (χ2v) is 5.98. The van der Waals surface area contributed by atoms with Crippen molar-refractivity contribution >= 4 is 11.9 Å². The van der Waals surface area contributed by atoms with E-state index in [4.69, 9.17) is 4.42 Å². The average Bonchev–Trinajstić information content (AvgIpc) is 3.28. The Kier molecular flexibility index (Phi) is 5.28. The first-order chi connectivity index (χ1) is 12.2. The number of aromatic nitrogens is 3. The Labute approximate surface area is 146 Å². The highest BCUT2D eigenvalue weighted by Gasteiger charge is 2.18. The van der Waals surface area contributed by atoms with Gasteiger partial charge in [-0.1, -0.05) is 43.2 Å². The van der Waals surface area contributed by atoms with Crippen molar-refractivity contribution in [3.05, 3.63) is 53.8 Å². The number of benzene rings is 1. The number of carbonyl (C=O) groups excluding carboxylic acids is 1. The smallest absolute Gasteiger partial charge is 0.250 e. The second-order valence-electron chi connectivity index (χ2n) is 5.98. The van der Waals surface area contributed by atoms with Gasteiger partial charge >= 0.3 is 0 Å². The fraction of sp³-hybridized carbons (Fsp3) is 0.316. The summed E-state index contributed by atoms with van der Waals surface area (Å²) < 4.78 is 6.70. The highest BCUT2D eigenvalue weighted by atomic mass is 16.3. The summed E-state index contributed by atoms with van der Waals surface area (Å²) in [6.45, 7) is 4.67. The van der Waals surface area contributed by atoms with E-state index < -0.39 is 0 Å². The molecule has 6 heteroatoms. The van der Waals surface area contributed by atoms with Crippen LogP contribution in [0.25, 0.3) is 11.6 Å².